The average Bonchev–Trinajstić information content (AvgIpc) is 2.42. The highest BCUT2D eigenvalue weighted by Crippen LogP contribution is 2.29. The van der Waals surface area contributed by atoms with E-state index in [0.29, 0.717) is 22.0 Å². The Morgan fingerprint density at radius 3 is 2.60 bits per heavy atom. The molecule has 0 aliphatic heterocycles. The van der Waals surface area contributed by atoms with Crippen LogP contribution < -0.4 is 10.6 Å². The van der Waals surface area contributed by atoms with Gasteiger partial charge in [0.25, 0.3) is 5.91 Å². The van der Waals surface area contributed by atoms with E-state index >= 15 is 0 Å². The quantitative estimate of drug-likeness (QED) is 0.717. The lowest BCUT2D eigenvalue weighted by Gasteiger charge is -2.20. The molecule has 0 saturated carbocycles. The molecule has 0 unspecified atom stereocenters. The Morgan fingerprint density at radius 1 is 1.20 bits per heavy atom. The molecule has 2 aromatic carbocycles. The van der Waals surface area contributed by atoms with E-state index < -0.39 is 0 Å². The second kappa shape index (κ2) is 6.16. The first-order chi connectivity index (χ1) is 9.40. The molecule has 0 spiro atoms. The highest BCUT2D eigenvalue weighted by Gasteiger charge is 2.18. The van der Waals surface area contributed by atoms with Gasteiger partial charge in [-0.05, 0) is 52.3 Å². The van der Waals surface area contributed by atoms with Crippen LogP contribution in [0.25, 0.3) is 0 Å². The molecule has 1 amide bonds. The van der Waals surface area contributed by atoms with Crippen molar-refractivity contribution >= 4 is 60.7 Å². The summed E-state index contributed by atoms with van der Waals surface area (Å²) in [5.74, 6) is -0.174. The predicted molar refractivity (Wildman–Crippen MR) is 90.4 cm³/mol. The number of benzene rings is 2. The molecule has 0 aliphatic carbocycles. The summed E-state index contributed by atoms with van der Waals surface area (Å²) in [7, 11) is 1.66. The van der Waals surface area contributed by atoms with Crippen LogP contribution in [-0.2, 0) is 0 Å². The second-order valence-electron chi connectivity index (χ2n) is 4.19. The molecule has 20 heavy (non-hydrogen) atoms. The molecule has 3 nitrogen and oxygen atoms in total. The fraction of sp³-hybridized carbons (Fsp3) is 0.0714. The fourth-order valence-electron chi connectivity index (χ4n) is 1.76. The molecule has 0 radical (unpaired) electrons. The van der Waals surface area contributed by atoms with Crippen LogP contribution in [0.2, 0.25) is 5.02 Å². The summed E-state index contributed by atoms with van der Waals surface area (Å²) >= 11 is 12.7. The van der Waals surface area contributed by atoms with Crippen LogP contribution in [0.15, 0.2) is 45.3 Å². The number of carbonyl (C=O) groups excluding carboxylic acids is 1. The number of amides is 1. The van der Waals surface area contributed by atoms with E-state index in [1.165, 1.54) is 4.90 Å². The summed E-state index contributed by atoms with van der Waals surface area (Å²) in [6.07, 6.45) is 0. The zero-order valence-corrected chi connectivity index (χ0v) is 14.5. The van der Waals surface area contributed by atoms with Crippen LogP contribution >= 0.6 is 43.5 Å². The van der Waals surface area contributed by atoms with E-state index in [9.17, 15) is 4.79 Å². The maximum absolute atomic E-state index is 12.6. The van der Waals surface area contributed by atoms with E-state index in [1.807, 2.05) is 12.1 Å². The summed E-state index contributed by atoms with van der Waals surface area (Å²) in [4.78, 5) is 14.0. The average molecular weight is 419 g/mol. The van der Waals surface area contributed by atoms with E-state index in [4.69, 9.17) is 17.3 Å². The lowest BCUT2D eigenvalue weighted by atomic mass is 10.2. The third kappa shape index (κ3) is 3.16. The van der Waals surface area contributed by atoms with Crippen molar-refractivity contribution in [2.75, 3.05) is 17.7 Å². The lowest BCUT2D eigenvalue weighted by molar-refractivity contribution is 0.0992. The van der Waals surface area contributed by atoms with Gasteiger partial charge >= 0.3 is 0 Å². The van der Waals surface area contributed by atoms with Gasteiger partial charge in [0.2, 0.25) is 0 Å². The number of halogens is 3. The van der Waals surface area contributed by atoms with Crippen LogP contribution in [0, 0.1) is 0 Å². The van der Waals surface area contributed by atoms with Crippen molar-refractivity contribution in [2.45, 2.75) is 0 Å². The molecular weight excluding hydrogens is 407 g/mol. The summed E-state index contributed by atoms with van der Waals surface area (Å²) in [6.45, 7) is 0. The van der Waals surface area contributed by atoms with E-state index in [1.54, 1.807) is 31.3 Å². The van der Waals surface area contributed by atoms with Gasteiger partial charge in [-0.2, -0.15) is 0 Å². The zero-order chi connectivity index (χ0) is 14.9. The Balaban J connectivity index is 2.42. The predicted octanol–water partition coefficient (Wildman–Crippen LogP) is 4.72. The normalized spacial score (nSPS) is 10.4. The van der Waals surface area contributed by atoms with Crippen LogP contribution in [0.5, 0.6) is 0 Å². The van der Waals surface area contributed by atoms with Gasteiger partial charge in [0.15, 0.2) is 0 Å². The van der Waals surface area contributed by atoms with Crippen LogP contribution in [-0.4, -0.2) is 13.0 Å². The number of nitrogen functional groups attached to an aromatic ring is 1. The molecule has 0 aromatic heterocycles. The second-order valence-corrected chi connectivity index (χ2v) is 6.40. The Bertz CT molecular complexity index is 676. The van der Waals surface area contributed by atoms with Crippen LogP contribution in [0.3, 0.4) is 0 Å². The van der Waals surface area contributed by atoms with Crippen molar-refractivity contribution < 1.29 is 4.79 Å². The first-order valence-corrected chi connectivity index (χ1v) is 7.64. The monoisotopic (exact) mass is 416 g/mol. The number of hydrogen-bond donors (Lipinski definition) is 1. The SMILES string of the molecule is CN(C(=O)c1cc(Br)ccc1Br)c1cc(Cl)ccc1N. The van der Waals surface area contributed by atoms with Gasteiger partial charge in [-0.1, -0.05) is 27.5 Å². The van der Waals surface area contributed by atoms with Crippen molar-refractivity contribution in [1.82, 2.24) is 0 Å². The third-order valence-electron chi connectivity index (χ3n) is 2.82. The topological polar surface area (TPSA) is 46.3 Å². The number of carbonyl (C=O) groups is 1. The molecule has 0 fully saturated rings. The number of rotatable bonds is 2. The van der Waals surface area contributed by atoms with Gasteiger partial charge in [-0.15, -0.1) is 0 Å². The van der Waals surface area contributed by atoms with Crippen LogP contribution in [0.4, 0.5) is 11.4 Å². The summed E-state index contributed by atoms with van der Waals surface area (Å²) in [6, 6.07) is 10.5. The minimum absolute atomic E-state index is 0.174. The van der Waals surface area contributed by atoms with Crippen LogP contribution in [0.1, 0.15) is 10.4 Å². The Hall–Kier alpha value is -1.04. The maximum Gasteiger partial charge on any atom is 0.259 e. The molecule has 2 rings (SSSR count). The lowest BCUT2D eigenvalue weighted by Crippen LogP contribution is -2.27. The summed E-state index contributed by atoms with van der Waals surface area (Å²) in [5.41, 5.74) is 7.52. The van der Waals surface area contributed by atoms with E-state index in [2.05, 4.69) is 31.9 Å². The fourth-order valence-corrected chi connectivity index (χ4v) is 2.70. The van der Waals surface area contributed by atoms with Gasteiger partial charge in [-0.25, -0.2) is 0 Å². The highest BCUT2D eigenvalue weighted by molar-refractivity contribution is 9.11. The largest absolute Gasteiger partial charge is 0.397 e. The van der Waals surface area contributed by atoms with Crippen molar-refractivity contribution in [2.24, 2.45) is 0 Å². The molecule has 6 heteroatoms. The number of anilines is 2. The molecule has 0 saturated heterocycles. The number of nitrogens with zero attached hydrogens (tertiary/aromatic N) is 1. The highest BCUT2D eigenvalue weighted by atomic mass is 79.9. The van der Waals surface area contributed by atoms with Crippen molar-refractivity contribution in [3.05, 3.63) is 55.9 Å². The molecule has 0 atom stereocenters. The molecule has 0 bridgehead atoms. The summed E-state index contributed by atoms with van der Waals surface area (Å²) in [5, 5.41) is 0.530. The summed E-state index contributed by atoms with van der Waals surface area (Å²) < 4.78 is 1.55. The van der Waals surface area contributed by atoms with Gasteiger partial charge < -0.3 is 10.6 Å². The first-order valence-electron chi connectivity index (χ1n) is 5.68. The number of nitrogens with two attached hydrogens (primary N) is 1. The first kappa shape index (κ1) is 15.4. The van der Waals surface area contributed by atoms with Gasteiger partial charge in [0.05, 0.1) is 16.9 Å². The molecule has 2 N–H and O–H groups in total. The third-order valence-corrected chi connectivity index (χ3v) is 4.24. The Morgan fingerprint density at radius 2 is 1.90 bits per heavy atom. The maximum atomic E-state index is 12.6. The van der Waals surface area contributed by atoms with Crippen molar-refractivity contribution in [1.29, 1.82) is 0 Å². The van der Waals surface area contributed by atoms with Gasteiger partial charge in [0, 0.05) is 21.0 Å². The van der Waals surface area contributed by atoms with Gasteiger partial charge in [-0.3, -0.25) is 4.79 Å². The molecule has 0 heterocycles. The smallest absolute Gasteiger partial charge is 0.259 e. The van der Waals surface area contributed by atoms with E-state index in [-0.39, 0.29) is 5.91 Å². The molecule has 0 aliphatic rings. The molecular formula is C14H11Br2ClN2O. The minimum atomic E-state index is -0.174. The zero-order valence-electron chi connectivity index (χ0n) is 10.5. The minimum Gasteiger partial charge on any atom is -0.397 e. The Labute approximate surface area is 139 Å². The standard InChI is InChI=1S/C14H11Br2ClN2O/c1-19(13-7-9(17)3-5-12(13)18)14(20)10-6-8(15)2-4-11(10)16/h2-7H,18H2,1H3. The van der Waals surface area contributed by atoms with Crippen molar-refractivity contribution in [3.8, 4) is 0 Å². The van der Waals surface area contributed by atoms with Crippen molar-refractivity contribution in [3.63, 3.8) is 0 Å². The Kier molecular flexibility index (Phi) is 4.73. The van der Waals surface area contributed by atoms with Gasteiger partial charge in [0.1, 0.15) is 0 Å². The van der Waals surface area contributed by atoms with E-state index in [0.717, 1.165) is 8.95 Å². The number of hydrogen-bond acceptors (Lipinski definition) is 2. The molecule has 104 valence electrons. The molecule has 2 aromatic rings.